The molecule has 1 heterocycles. The molecule has 3 aromatic rings. The average molecular weight is 301 g/mol. The molecule has 0 saturated heterocycles. The van der Waals surface area contributed by atoms with E-state index in [9.17, 15) is 4.79 Å². The predicted molar refractivity (Wildman–Crippen MR) is 82.7 cm³/mol. The summed E-state index contributed by atoms with van der Waals surface area (Å²) in [5.41, 5.74) is 3.77. The van der Waals surface area contributed by atoms with E-state index in [2.05, 4.69) is 15.6 Å². The fourth-order valence-electron chi connectivity index (χ4n) is 2.14. The van der Waals surface area contributed by atoms with Gasteiger partial charge in [-0.1, -0.05) is 16.8 Å². The number of aryl methyl sites for hydroxylation is 2. The number of nitrogens with one attached hydrogen (secondary N) is 1. The van der Waals surface area contributed by atoms with E-state index < -0.39 is 0 Å². The number of anilines is 1. The first-order valence-corrected chi connectivity index (χ1v) is 6.79. The van der Waals surface area contributed by atoms with Gasteiger partial charge in [0.1, 0.15) is 5.52 Å². The minimum absolute atomic E-state index is 0.187. The Morgan fingerprint density at radius 2 is 2.05 bits per heavy atom. The Labute approximate surface area is 126 Å². The van der Waals surface area contributed by atoms with Crippen molar-refractivity contribution in [2.45, 2.75) is 6.92 Å². The van der Waals surface area contributed by atoms with E-state index in [1.807, 2.05) is 26.1 Å². The second-order valence-electron chi connectivity index (χ2n) is 4.83. The quantitative estimate of drug-likeness (QED) is 0.790. The van der Waals surface area contributed by atoms with E-state index in [-0.39, 0.29) is 5.91 Å². The van der Waals surface area contributed by atoms with E-state index in [1.165, 1.54) is 0 Å². The molecule has 0 unspecified atom stereocenters. The molecule has 0 aliphatic carbocycles. The molecule has 3 rings (SSSR count). The number of fused-ring (bicyclic) bond motifs is 1. The van der Waals surface area contributed by atoms with Gasteiger partial charge in [-0.05, 0) is 48.9 Å². The summed E-state index contributed by atoms with van der Waals surface area (Å²) in [6, 6.07) is 10.7. The Hall–Kier alpha value is -2.40. The molecule has 2 aromatic carbocycles. The van der Waals surface area contributed by atoms with Crippen LogP contribution in [0.2, 0.25) is 5.02 Å². The largest absolute Gasteiger partial charge is 0.322 e. The third-order valence-electron chi connectivity index (χ3n) is 3.31. The molecule has 1 aromatic heterocycles. The Morgan fingerprint density at radius 3 is 2.81 bits per heavy atom. The molecule has 5 nitrogen and oxygen atoms in total. The summed E-state index contributed by atoms with van der Waals surface area (Å²) in [5, 5.41) is 11.5. The lowest BCUT2D eigenvalue weighted by molar-refractivity contribution is 0.102. The number of nitrogens with zero attached hydrogens (tertiary/aromatic N) is 3. The van der Waals surface area contributed by atoms with E-state index in [0.717, 1.165) is 16.8 Å². The lowest BCUT2D eigenvalue weighted by atomic mass is 10.1. The molecule has 0 aliphatic rings. The Kier molecular flexibility index (Phi) is 3.35. The molecule has 0 fully saturated rings. The van der Waals surface area contributed by atoms with Crippen LogP contribution >= 0.6 is 11.6 Å². The van der Waals surface area contributed by atoms with Crippen molar-refractivity contribution >= 4 is 34.2 Å². The lowest BCUT2D eigenvalue weighted by Crippen LogP contribution is -2.12. The molecule has 0 spiro atoms. The first-order chi connectivity index (χ1) is 10.0. The zero-order chi connectivity index (χ0) is 15.0. The van der Waals surface area contributed by atoms with Crippen LogP contribution in [0.25, 0.3) is 11.0 Å². The zero-order valence-electron chi connectivity index (χ0n) is 11.6. The van der Waals surface area contributed by atoms with Gasteiger partial charge in [0.25, 0.3) is 5.91 Å². The van der Waals surface area contributed by atoms with Gasteiger partial charge in [-0.3, -0.25) is 4.79 Å². The summed E-state index contributed by atoms with van der Waals surface area (Å²) in [6.07, 6.45) is 0. The molecule has 0 saturated carbocycles. The Balaban J connectivity index is 1.89. The van der Waals surface area contributed by atoms with Crippen molar-refractivity contribution in [1.29, 1.82) is 0 Å². The van der Waals surface area contributed by atoms with E-state index in [1.54, 1.807) is 28.9 Å². The number of amides is 1. The lowest BCUT2D eigenvalue weighted by Gasteiger charge is -2.08. The van der Waals surface area contributed by atoms with Crippen molar-refractivity contribution in [2.75, 3.05) is 5.32 Å². The normalized spacial score (nSPS) is 10.8. The molecule has 6 heteroatoms. The summed E-state index contributed by atoms with van der Waals surface area (Å²) < 4.78 is 1.67. The first kappa shape index (κ1) is 13.6. The van der Waals surface area contributed by atoms with Gasteiger partial charge < -0.3 is 5.32 Å². The van der Waals surface area contributed by atoms with Crippen molar-refractivity contribution in [1.82, 2.24) is 15.0 Å². The Bertz CT molecular complexity index is 841. The van der Waals surface area contributed by atoms with Crippen molar-refractivity contribution < 1.29 is 4.79 Å². The second-order valence-corrected chi connectivity index (χ2v) is 5.27. The number of carbonyl (C=O) groups is 1. The number of benzene rings is 2. The SMILES string of the molecule is Cc1cc(Cl)ccc1NC(=O)c1ccc2c(c1)nnn2C. The molecule has 106 valence electrons. The van der Waals surface area contributed by atoms with Crippen LogP contribution in [0.1, 0.15) is 15.9 Å². The van der Waals surface area contributed by atoms with Crippen molar-refractivity contribution in [3.63, 3.8) is 0 Å². The maximum atomic E-state index is 12.3. The van der Waals surface area contributed by atoms with Crippen LogP contribution < -0.4 is 5.32 Å². The summed E-state index contributed by atoms with van der Waals surface area (Å²) in [7, 11) is 1.81. The van der Waals surface area contributed by atoms with Gasteiger partial charge in [0, 0.05) is 23.3 Å². The third-order valence-corrected chi connectivity index (χ3v) is 3.54. The van der Waals surface area contributed by atoms with Gasteiger partial charge in [-0.15, -0.1) is 5.10 Å². The highest BCUT2D eigenvalue weighted by Gasteiger charge is 2.10. The molecular weight excluding hydrogens is 288 g/mol. The van der Waals surface area contributed by atoms with Crippen LogP contribution in [0, 0.1) is 6.92 Å². The maximum absolute atomic E-state index is 12.3. The van der Waals surface area contributed by atoms with Gasteiger partial charge in [0.15, 0.2) is 0 Å². The van der Waals surface area contributed by atoms with Gasteiger partial charge in [0.05, 0.1) is 5.52 Å². The highest BCUT2D eigenvalue weighted by molar-refractivity contribution is 6.30. The fraction of sp³-hybridized carbons (Fsp3) is 0.133. The number of carbonyl (C=O) groups excluding carboxylic acids is 1. The summed E-state index contributed by atoms with van der Waals surface area (Å²) in [6.45, 7) is 1.90. The highest BCUT2D eigenvalue weighted by Crippen LogP contribution is 2.21. The summed E-state index contributed by atoms with van der Waals surface area (Å²) in [4.78, 5) is 12.3. The molecule has 21 heavy (non-hydrogen) atoms. The second kappa shape index (κ2) is 5.18. The fourth-order valence-corrected chi connectivity index (χ4v) is 2.37. The summed E-state index contributed by atoms with van der Waals surface area (Å²) in [5.74, 6) is -0.187. The molecule has 0 radical (unpaired) electrons. The predicted octanol–water partition coefficient (Wildman–Crippen LogP) is 3.18. The molecule has 0 bridgehead atoms. The topological polar surface area (TPSA) is 59.8 Å². The van der Waals surface area contributed by atoms with Gasteiger partial charge in [-0.25, -0.2) is 4.68 Å². The minimum atomic E-state index is -0.187. The molecular formula is C15H13ClN4O. The smallest absolute Gasteiger partial charge is 0.255 e. The van der Waals surface area contributed by atoms with E-state index >= 15 is 0 Å². The zero-order valence-corrected chi connectivity index (χ0v) is 12.3. The van der Waals surface area contributed by atoms with Crippen LogP contribution in [0.3, 0.4) is 0 Å². The molecule has 0 aliphatic heterocycles. The number of aromatic nitrogens is 3. The van der Waals surface area contributed by atoms with Crippen molar-refractivity contribution in [2.24, 2.45) is 7.05 Å². The average Bonchev–Trinajstić information content (AvgIpc) is 2.83. The standard InChI is InChI=1S/C15H13ClN4O/c1-9-7-11(16)4-5-12(9)17-15(21)10-3-6-14-13(8-10)18-19-20(14)2/h3-8H,1-2H3,(H,17,21). The number of halogens is 1. The van der Waals surface area contributed by atoms with Crippen LogP contribution in [-0.4, -0.2) is 20.9 Å². The van der Waals surface area contributed by atoms with Crippen molar-refractivity contribution in [3.8, 4) is 0 Å². The van der Waals surface area contributed by atoms with Crippen LogP contribution in [-0.2, 0) is 7.05 Å². The van der Waals surface area contributed by atoms with Crippen molar-refractivity contribution in [3.05, 3.63) is 52.5 Å². The molecule has 1 N–H and O–H groups in total. The Morgan fingerprint density at radius 1 is 1.24 bits per heavy atom. The maximum Gasteiger partial charge on any atom is 0.255 e. The van der Waals surface area contributed by atoms with Gasteiger partial charge >= 0.3 is 0 Å². The van der Waals surface area contributed by atoms with E-state index in [4.69, 9.17) is 11.6 Å². The third kappa shape index (κ3) is 2.60. The van der Waals surface area contributed by atoms with Gasteiger partial charge in [-0.2, -0.15) is 0 Å². The number of hydrogen-bond donors (Lipinski definition) is 1. The number of hydrogen-bond acceptors (Lipinski definition) is 3. The first-order valence-electron chi connectivity index (χ1n) is 6.41. The molecule has 0 atom stereocenters. The summed E-state index contributed by atoms with van der Waals surface area (Å²) >= 11 is 5.91. The van der Waals surface area contributed by atoms with E-state index in [0.29, 0.717) is 16.1 Å². The van der Waals surface area contributed by atoms with Crippen LogP contribution in [0.4, 0.5) is 5.69 Å². The van der Waals surface area contributed by atoms with Gasteiger partial charge in [0.2, 0.25) is 0 Å². The van der Waals surface area contributed by atoms with Crippen LogP contribution in [0.5, 0.6) is 0 Å². The van der Waals surface area contributed by atoms with Crippen LogP contribution in [0.15, 0.2) is 36.4 Å². The molecule has 1 amide bonds. The number of rotatable bonds is 2. The monoisotopic (exact) mass is 300 g/mol. The highest BCUT2D eigenvalue weighted by atomic mass is 35.5. The minimum Gasteiger partial charge on any atom is -0.322 e.